The summed E-state index contributed by atoms with van der Waals surface area (Å²) in [5.74, 6) is 0.766. The van der Waals surface area contributed by atoms with Gasteiger partial charge in [0.15, 0.2) is 0 Å². The number of anilines is 1. The minimum atomic E-state index is -0.0868. The highest BCUT2D eigenvalue weighted by atomic mass is 32.1. The molecule has 7 nitrogen and oxygen atoms in total. The van der Waals surface area contributed by atoms with Gasteiger partial charge in [0, 0.05) is 30.6 Å². The molecule has 8 heteroatoms. The molecule has 0 bridgehead atoms. The van der Waals surface area contributed by atoms with Crippen LogP contribution in [0.4, 0.5) is 5.69 Å². The van der Waals surface area contributed by atoms with Crippen molar-refractivity contribution < 1.29 is 4.79 Å². The fraction of sp³-hybridized carbons (Fsp3) is 0.176. The topological polar surface area (TPSA) is 77.1 Å². The Morgan fingerprint density at radius 3 is 2.80 bits per heavy atom. The summed E-state index contributed by atoms with van der Waals surface area (Å²) in [6.45, 7) is 3.58. The number of amides is 1. The molecule has 25 heavy (non-hydrogen) atoms. The van der Waals surface area contributed by atoms with Crippen LogP contribution < -0.4 is 5.32 Å². The van der Waals surface area contributed by atoms with Crippen molar-refractivity contribution in [3.05, 3.63) is 54.1 Å². The molecule has 0 saturated carbocycles. The summed E-state index contributed by atoms with van der Waals surface area (Å²) in [5, 5.41) is 7.00. The van der Waals surface area contributed by atoms with Gasteiger partial charge in [-0.3, -0.25) is 4.79 Å². The molecule has 0 aliphatic carbocycles. The van der Waals surface area contributed by atoms with Gasteiger partial charge in [-0.1, -0.05) is 11.3 Å². The van der Waals surface area contributed by atoms with Gasteiger partial charge in [0.2, 0.25) is 10.9 Å². The van der Waals surface area contributed by atoms with Crippen LogP contribution in [0.2, 0.25) is 0 Å². The Bertz CT molecular complexity index is 1000. The van der Waals surface area contributed by atoms with Crippen LogP contribution in [0.1, 0.15) is 25.6 Å². The zero-order chi connectivity index (χ0) is 17.4. The molecule has 3 heterocycles. The van der Waals surface area contributed by atoms with E-state index in [1.54, 1.807) is 16.2 Å². The summed E-state index contributed by atoms with van der Waals surface area (Å²) in [7, 11) is 0. The largest absolute Gasteiger partial charge is 0.326 e. The number of benzene rings is 1. The molecule has 1 aromatic carbocycles. The number of imidazole rings is 2. The molecule has 0 fully saturated rings. The SMILES string of the molecule is CC(=O)Nc1ccc(-c2nccn2C(C)c2cn3ncsc3n2)cc1. The van der Waals surface area contributed by atoms with Gasteiger partial charge in [-0.15, -0.1) is 0 Å². The maximum Gasteiger partial charge on any atom is 0.221 e. The van der Waals surface area contributed by atoms with Crippen molar-refractivity contribution in [2.75, 3.05) is 5.32 Å². The van der Waals surface area contributed by atoms with Gasteiger partial charge in [0.05, 0.1) is 17.9 Å². The number of hydrogen-bond donors (Lipinski definition) is 1. The van der Waals surface area contributed by atoms with Gasteiger partial charge in [-0.05, 0) is 31.2 Å². The molecule has 126 valence electrons. The molecule has 1 amide bonds. The number of carbonyl (C=O) groups is 1. The molecule has 0 aliphatic heterocycles. The van der Waals surface area contributed by atoms with Gasteiger partial charge in [-0.25, -0.2) is 14.5 Å². The molecule has 0 spiro atoms. The Balaban J connectivity index is 1.65. The number of aromatic nitrogens is 5. The van der Waals surface area contributed by atoms with E-state index in [4.69, 9.17) is 0 Å². The molecule has 3 aromatic heterocycles. The van der Waals surface area contributed by atoms with Crippen LogP contribution in [0.15, 0.2) is 48.4 Å². The molecule has 4 aromatic rings. The van der Waals surface area contributed by atoms with Crippen LogP contribution in [0, 0.1) is 0 Å². The van der Waals surface area contributed by atoms with E-state index in [-0.39, 0.29) is 11.9 Å². The predicted molar refractivity (Wildman–Crippen MR) is 96.6 cm³/mol. The molecule has 1 unspecified atom stereocenters. The summed E-state index contributed by atoms with van der Waals surface area (Å²) in [4.78, 5) is 21.1. The summed E-state index contributed by atoms with van der Waals surface area (Å²) in [6, 6.07) is 7.67. The molecule has 0 saturated heterocycles. The molecule has 1 N–H and O–H groups in total. The lowest BCUT2D eigenvalue weighted by Gasteiger charge is -2.14. The smallest absolute Gasteiger partial charge is 0.221 e. The van der Waals surface area contributed by atoms with Crippen LogP contribution in [0.25, 0.3) is 16.3 Å². The summed E-state index contributed by atoms with van der Waals surface area (Å²) in [5.41, 5.74) is 4.46. The number of carbonyl (C=O) groups excluding carboxylic acids is 1. The van der Waals surface area contributed by atoms with Gasteiger partial charge in [0.1, 0.15) is 11.3 Å². The molecular weight excluding hydrogens is 336 g/mol. The van der Waals surface area contributed by atoms with Gasteiger partial charge in [-0.2, -0.15) is 5.10 Å². The summed E-state index contributed by atoms with van der Waals surface area (Å²) in [6.07, 6.45) is 5.67. The molecule has 1 atom stereocenters. The second-order valence-corrected chi connectivity index (χ2v) is 6.54. The molecular formula is C17H16N6OS. The van der Waals surface area contributed by atoms with Crippen molar-refractivity contribution in [1.82, 2.24) is 24.1 Å². The second kappa shape index (κ2) is 6.14. The van der Waals surface area contributed by atoms with Gasteiger partial charge < -0.3 is 9.88 Å². The second-order valence-electron chi connectivity index (χ2n) is 5.72. The van der Waals surface area contributed by atoms with Crippen LogP contribution >= 0.6 is 11.3 Å². The highest BCUT2D eigenvalue weighted by Crippen LogP contribution is 2.26. The van der Waals surface area contributed by atoms with E-state index < -0.39 is 0 Å². The maximum absolute atomic E-state index is 11.1. The standard InChI is InChI=1S/C17H16N6OS/c1-11(15-9-23-17(21-15)25-10-19-23)22-8-7-18-16(22)13-3-5-14(6-4-13)20-12(2)24/h3-11H,1-2H3,(H,20,24). The first kappa shape index (κ1) is 15.5. The van der Waals surface area contributed by atoms with E-state index in [1.807, 2.05) is 36.7 Å². The summed E-state index contributed by atoms with van der Waals surface area (Å²) < 4.78 is 3.87. The van der Waals surface area contributed by atoms with Gasteiger partial charge >= 0.3 is 0 Å². The average molecular weight is 352 g/mol. The van der Waals surface area contributed by atoms with Crippen LogP contribution in [0.3, 0.4) is 0 Å². The van der Waals surface area contributed by atoms with Crippen molar-refractivity contribution in [2.24, 2.45) is 0 Å². The van der Waals surface area contributed by atoms with E-state index in [0.29, 0.717) is 0 Å². The van der Waals surface area contributed by atoms with Crippen molar-refractivity contribution >= 4 is 27.9 Å². The van der Waals surface area contributed by atoms with Crippen molar-refractivity contribution in [2.45, 2.75) is 19.9 Å². The molecule has 0 aliphatic rings. The van der Waals surface area contributed by atoms with Crippen molar-refractivity contribution in [1.29, 1.82) is 0 Å². The lowest BCUT2D eigenvalue weighted by atomic mass is 10.1. The molecule has 4 rings (SSSR count). The molecule has 0 radical (unpaired) electrons. The third kappa shape index (κ3) is 2.91. The minimum Gasteiger partial charge on any atom is -0.326 e. The first-order chi connectivity index (χ1) is 12.1. The Labute approximate surface area is 148 Å². The van der Waals surface area contributed by atoms with E-state index in [2.05, 4.69) is 31.9 Å². The fourth-order valence-electron chi connectivity index (χ4n) is 2.75. The normalized spacial score (nSPS) is 12.4. The van der Waals surface area contributed by atoms with E-state index in [0.717, 1.165) is 27.7 Å². The quantitative estimate of drug-likeness (QED) is 0.612. The Hall–Kier alpha value is -3.00. The lowest BCUT2D eigenvalue weighted by Crippen LogP contribution is -2.08. The third-order valence-electron chi connectivity index (χ3n) is 3.98. The number of hydrogen-bond acceptors (Lipinski definition) is 5. The first-order valence-corrected chi connectivity index (χ1v) is 8.69. The van der Waals surface area contributed by atoms with E-state index in [9.17, 15) is 4.79 Å². The van der Waals surface area contributed by atoms with Gasteiger partial charge in [0.25, 0.3) is 0 Å². The Morgan fingerprint density at radius 2 is 2.08 bits per heavy atom. The van der Waals surface area contributed by atoms with Crippen LogP contribution in [-0.4, -0.2) is 30.1 Å². The Morgan fingerprint density at radius 1 is 1.28 bits per heavy atom. The monoisotopic (exact) mass is 352 g/mol. The average Bonchev–Trinajstić information content (AvgIpc) is 3.30. The lowest BCUT2D eigenvalue weighted by molar-refractivity contribution is -0.114. The van der Waals surface area contributed by atoms with Crippen molar-refractivity contribution in [3.8, 4) is 11.4 Å². The van der Waals surface area contributed by atoms with Crippen LogP contribution in [0.5, 0.6) is 0 Å². The fourth-order valence-corrected chi connectivity index (χ4v) is 3.36. The highest BCUT2D eigenvalue weighted by Gasteiger charge is 2.17. The summed E-state index contributed by atoms with van der Waals surface area (Å²) >= 11 is 1.51. The van der Waals surface area contributed by atoms with Crippen LogP contribution in [-0.2, 0) is 4.79 Å². The number of rotatable bonds is 4. The van der Waals surface area contributed by atoms with Crippen molar-refractivity contribution in [3.63, 3.8) is 0 Å². The number of nitrogens with zero attached hydrogens (tertiary/aromatic N) is 5. The maximum atomic E-state index is 11.1. The highest BCUT2D eigenvalue weighted by molar-refractivity contribution is 7.14. The minimum absolute atomic E-state index is 0.0291. The Kier molecular flexibility index (Phi) is 3.81. The predicted octanol–water partition coefficient (Wildman–Crippen LogP) is 3.22. The van der Waals surface area contributed by atoms with E-state index in [1.165, 1.54) is 18.3 Å². The number of nitrogens with one attached hydrogen (secondary N) is 1. The number of fused-ring (bicyclic) bond motifs is 1. The zero-order valence-electron chi connectivity index (χ0n) is 13.7. The van der Waals surface area contributed by atoms with E-state index >= 15 is 0 Å². The zero-order valence-corrected chi connectivity index (χ0v) is 14.6. The first-order valence-electron chi connectivity index (χ1n) is 7.81. The third-order valence-corrected chi connectivity index (χ3v) is 4.67.